The van der Waals surface area contributed by atoms with E-state index in [1.807, 2.05) is 7.05 Å². The summed E-state index contributed by atoms with van der Waals surface area (Å²) in [6.45, 7) is 7.71. The van der Waals surface area contributed by atoms with Crippen LogP contribution in [0.5, 0.6) is 0 Å². The highest BCUT2D eigenvalue weighted by Crippen LogP contribution is 2.28. The molecule has 3 nitrogen and oxygen atoms in total. The third kappa shape index (κ3) is 6.48. The number of nitrogens with one attached hydrogen (secondary N) is 2. The van der Waals surface area contributed by atoms with Gasteiger partial charge in [-0.15, -0.1) is 24.0 Å². The van der Waals surface area contributed by atoms with Gasteiger partial charge in [-0.2, -0.15) is 0 Å². The smallest absolute Gasteiger partial charge is 0.191 e. The summed E-state index contributed by atoms with van der Waals surface area (Å²) in [5.41, 5.74) is 0. The second kappa shape index (κ2) is 9.00. The van der Waals surface area contributed by atoms with Crippen LogP contribution in [0.15, 0.2) is 4.99 Å². The first kappa shape index (κ1) is 17.0. The fourth-order valence-electron chi connectivity index (χ4n) is 2.39. The van der Waals surface area contributed by atoms with Crippen LogP contribution in [-0.4, -0.2) is 25.6 Å². The molecule has 0 bridgehead atoms. The minimum absolute atomic E-state index is 0. The van der Waals surface area contributed by atoms with E-state index >= 15 is 0 Å². The highest BCUT2D eigenvalue weighted by molar-refractivity contribution is 14.0. The third-order valence-corrected chi connectivity index (χ3v) is 3.47. The van der Waals surface area contributed by atoms with Gasteiger partial charge in [-0.05, 0) is 32.1 Å². The zero-order chi connectivity index (χ0) is 12.0. The summed E-state index contributed by atoms with van der Waals surface area (Å²) in [5.74, 6) is 2.62. The van der Waals surface area contributed by atoms with Gasteiger partial charge >= 0.3 is 0 Å². The van der Waals surface area contributed by atoms with E-state index in [1.165, 1.54) is 25.7 Å². The lowest BCUT2D eigenvalue weighted by Gasteiger charge is -2.29. The van der Waals surface area contributed by atoms with Gasteiger partial charge in [0.25, 0.3) is 0 Å². The summed E-state index contributed by atoms with van der Waals surface area (Å²) in [5, 5.41) is 6.76. The van der Waals surface area contributed by atoms with E-state index in [2.05, 4.69) is 36.4 Å². The molecular formula is C13H28IN3. The number of rotatable bonds is 3. The number of guanidine groups is 1. The van der Waals surface area contributed by atoms with Crippen LogP contribution in [0.25, 0.3) is 0 Å². The minimum Gasteiger partial charge on any atom is -0.356 e. The van der Waals surface area contributed by atoms with E-state index in [-0.39, 0.29) is 24.0 Å². The van der Waals surface area contributed by atoms with E-state index in [9.17, 15) is 0 Å². The number of hydrogen-bond acceptors (Lipinski definition) is 1. The van der Waals surface area contributed by atoms with E-state index in [4.69, 9.17) is 0 Å². The van der Waals surface area contributed by atoms with E-state index < -0.39 is 0 Å². The van der Waals surface area contributed by atoms with Crippen LogP contribution in [0.3, 0.4) is 0 Å². The standard InChI is InChI=1S/C13H27N3.HI/c1-10(2)16-13(14-4)15-9-12-8-6-5-7-11(12)3;/h10-12H,5-9H2,1-4H3,(H2,14,15,16);1H. The lowest BCUT2D eigenvalue weighted by Crippen LogP contribution is -2.43. The molecular weight excluding hydrogens is 325 g/mol. The van der Waals surface area contributed by atoms with Gasteiger partial charge in [0.1, 0.15) is 0 Å². The van der Waals surface area contributed by atoms with Gasteiger partial charge in [-0.3, -0.25) is 4.99 Å². The highest BCUT2D eigenvalue weighted by Gasteiger charge is 2.21. The summed E-state index contributed by atoms with van der Waals surface area (Å²) < 4.78 is 0. The Balaban J connectivity index is 0.00000256. The van der Waals surface area contributed by atoms with Crippen LogP contribution in [0.4, 0.5) is 0 Å². The number of hydrogen-bond donors (Lipinski definition) is 2. The fourth-order valence-corrected chi connectivity index (χ4v) is 2.39. The van der Waals surface area contributed by atoms with Crippen LogP contribution in [0.1, 0.15) is 46.5 Å². The number of aliphatic imine (C=N–C) groups is 1. The highest BCUT2D eigenvalue weighted by atomic mass is 127. The molecule has 4 heteroatoms. The second-order valence-corrected chi connectivity index (χ2v) is 5.27. The van der Waals surface area contributed by atoms with Crippen LogP contribution in [0, 0.1) is 11.8 Å². The molecule has 1 fully saturated rings. The fraction of sp³-hybridized carbons (Fsp3) is 0.923. The van der Waals surface area contributed by atoms with Crippen LogP contribution < -0.4 is 10.6 Å². The van der Waals surface area contributed by atoms with Crippen molar-refractivity contribution in [2.45, 2.75) is 52.5 Å². The average Bonchev–Trinajstić information content (AvgIpc) is 2.25. The monoisotopic (exact) mass is 353 g/mol. The van der Waals surface area contributed by atoms with Gasteiger partial charge in [-0.1, -0.05) is 26.2 Å². The number of nitrogens with zero attached hydrogens (tertiary/aromatic N) is 1. The Labute approximate surface area is 123 Å². The topological polar surface area (TPSA) is 36.4 Å². The zero-order valence-electron chi connectivity index (χ0n) is 11.6. The summed E-state index contributed by atoms with van der Waals surface area (Å²) >= 11 is 0. The van der Waals surface area contributed by atoms with Crippen molar-refractivity contribution < 1.29 is 0 Å². The molecule has 1 rings (SSSR count). The molecule has 0 aromatic heterocycles. The van der Waals surface area contributed by atoms with E-state index in [0.29, 0.717) is 6.04 Å². The maximum atomic E-state index is 4.23. The Morgan fingerprint density at radius 1 is 1.29 bits per heavy atom. The Hall–Kier alpha value is 0. The molecule has 2 unspecified atom stereocenters. The van der Waals surface area contributed by atoms with Gasteiger partial charge in [-0.25, -0.2) is 0 Å². The van der Waals surface area contributed by atoms with Crippen molar-refractivity contribution in [1.29, 1.82) is 0 Å². The van der Waals surface area contributed by atoms with Gasteiger partial charge < -0.3 is 10.6 Å². The lowest BCUT2D eigenvalue weighted by molar-refractivity contribution is 0.256. The Morgan fingerprint density at radius 3 is 2.47 bits per heavy atom. The predicted molar refractivity (Wildman–Crippen MR) is 86.2 cm³/mol. The largest absolute Gasteiger partial charge is 0.356 e. The molecule has 1 saturated carbocycles. The van der Waals surface area contributed by atoms with Gasteiger partial charge in [0.2, 0.25) is 0 Å². The van der Waals surface area contributed by atoms with Crippen LogP contribution in [0.2, 0.25) is 0 Å². The molecule has 0 aromatic carbocycles. The van der Waals surface area contributed by atoms with Crippen LogP contribution >= 0.6 is 24.0 Å². The molecule has 102 valence electrons. The van der Waals surface area contributed by atoms with Crippen molar-refractivity contribution in [3.05, 3.63) is 0 Å². The molecule has 1 aliphatic carbocycles. The maximum absolute atomic E-state index is 4.23. The molecule has 0 radical (unpaired) electrons. The SMILES string of the molecule is CN=C(NCC1CCCCC1C)NC(C)C.I. The molecule has 1 aliphatic rings. The molecule has 0 spiro atoms. The summed E-state index contributed by atoms with van der Waals surface area (Å²) in [6, 6.07) is 0.440. The first-order valence-electron chi connectivity index (χ1n) is 6.60. The van der Waals surface area contributed by atoms with E-state index in [1.54, 1.807) is 0 Å². The van der Waals surface area contributed by atoms with Gasteiger partial charge in [0, 0.05) is 19.6 Å². The Morgan fingerprint density at radius 2 is 1.94 bits per heavy atom. The van der Waals surface area contributed by atoms with Crippen molar-refractivity contribution in [1.82, 2.24) is 10.6 Å². The summed E-state index contributed by atoms with van der Waals surface area (Å²) in [4.78, 5) is 4.23. The Bertz CT molecular complexity index is 229. The summed E-state index contributed by atoms with van der Waals surface area (Å²) in [7, 11) is 1.84. The van der Waals surface area contributed by atoms with Crippen molar-refractivity contribution in [2.24, 2.45) is 16.8 Å². The van der Waals surface area contributed by atoms with E-state index in [0.717, 1.165) is 24.3 Å². The maximum Gasteiger partial charge on any atom is 0.191 e. The number of halogens is 1. The quantitative estimate of drug-likeness (QED) is 0.465. The third-order valence-electron chi connectivity index (χ3n) is 3.47. The molecule has 2 N–H and O–H groups in total. The summed E-state index contributed by atoms with van der Waals surface area (Å²) in [6.07, 6.45) is 5.57. The van der Waals surface area contributed by atoms with Gasteiger partial charge in [0.05, 0.1) is 0 Å². The van der Waals surface area contributed by atoms with Crippen molar-refractivity contribution in [3.8, 4) is 0 Å². The molecule has 0 amide bonds. The first-order chi connectivity index (χ1) is 7.63. The van der Waals surface area contributed by atoms with Crippen LogP contribution in [-0.2, 0) is 0 Å². The minimum atomic E-state index is 0. The molecule has 0 aliphatic heterocycles. The molecule has 17 heavy (non-hydrogen) atoms. The van der Waals surface area contributed by atoms with Crippen molar-refractivity contribution >= 4 is 29.9 Å². The molecule has 0 aromatic rings. The second-order valence-electron chi connectivity index (χ2n) is 5.27. The predicted octanol–water partition coefficient (Wildman–Crippen LogP) is 3.00. The normalized spacial score (nSPS) is 25.4. The lowest BCUT2D eigenvalue weighted by atomic mass is 9.80. The van der Waals surface area contributed by atoms with Crippen molar-refractivity contribution in [3.63, 3.8) is 0 Å². The molecule has 2 atom stereocenters. The van der Waals surface area contributed by atoms with Crippen molar-refractivity contribution in [2.75, 3.05) is 13.6 Å². The molecule has 0 heterocycles. The first-order valence-corrected chi connectivity index (χ1v) is 6.60. The average molecular weight is 353 g/mol. The zero-order valence-corrected chi connectivity index (χ0v) is 14.0. The van der Waals surface area contributed by atoms with Gasteiger partial charge in [0.15, 0.2) is 5.96 Å². The molecule has 0 saturated heterocycles. The Kier molecular flexibility index (Phi) is 9.00.